The van der Waals surface area contributed by atoms with E-state index in [4.69, 9.17) is 10.8 Å². The molecule has 0 spiro atoms. The molecule has 4 unspecified atom stereocenters. The number of carbonyl (C=O) groups excluding carboxylic acids is 3. The molecule has 0 bridgehead atoms. The number of nitrogens with two attached hydrogens (primary N) is 1. The minimum atomic E-state index is -1.52. The zero-order chi connectivity index (χ0) is 24.3. The maximum absolute atomic E-state index is 12.7. The molecule has 0 aliphatic carbocycles. The van der Waals surface area contributed by atoms with Gasteiger partial charge in [-0.3, -0.25) is 19.2 Å². The first-order chi connectivity index (χ1) is 14.3. The Hall–Kier alpha value is -2.34. The molecule has 0 saturated heterocycles. The Morgan fingerprint density at radius 2 is 1.19 bits per heavy atom. The number of thiol groups is 1. The van der Waals surface area contributed by atoms with Gasteiger partial charge in [-0.25, -0.2) is 4.79 Å². The Morgan fingerprint density at radius 1 is 0.774 bits per heavy atom. The molecule has 178 valence electrons. The van der Waals surface area contributed by atoms with Gasteiger partial charge in [0.2, 0.25) is 17.7 Å². The lowest BCUT2D eigenvalue weighted by Crippen LogP contribution is -2.58. The van der Waals surface area contributed by atoms with Crippen molar-refractivity contribution in [3.63, 3.8) is 0 Å². The highest BCUT2D eigenvalue weighted by molar-refractivity contribution is 7.80. The lowest BCUT2D eigenvalue weighted by atomic mass is 10.0. The molecule has 3 amide bonds. The third-order valence-corrected chi connectivity index (χ3v) is 4.60. The van der Waals surface area contributed by atoms with Crippen LogP contribution < -0.4 is 21.7 Å². The van der Waals surface area contributed by atoms with Gasteiger partial charge in [0.25, 0.3) is 0 Å². The summed E-state index contributed by atoms with van der Waals surface area (Å²) in [6, 6.07) is -4.77. The summed E-state index contributed by atoms with van der Waals surface area (Å²) in [6.45, 7) is 7.17. The molecule has 11 nitrogen and oxygen atoms in total. The smallest absolute Gasteiger partial charge is 0.326 e. The molecule has 0 rings (SSSR count). The molecule has 31 heavy (non-hydrogen) atoms. The van der Waals surface area contributed by atoms with Gasteiger partial charge in [0.15, 0.2) is 0 Å². The number of hydrogen-bond donors (Lipinski definition) is 7. The van der Waals surface area contributed by atoms with Gasteiger partial charge in [0.05, 0.1) is 12.5 Å². The predicted molar refractivity (Wildman–Crippen MR) is 116 cm³/mol. The van der Waals surface area contributed by atoms with Crippen LogP contribution in [0, 0.1) is 11.8 Å². The van der Waals surface area contributed by atoms with Crippen LogP contribution in [0.25, 0.3) is 0 Å². The predicted octanol–water partition coefficient (Wildman–Crippen LogP) is -0.651. The van der Waals surface area contributed by atoms with Crippen molar-refractivity contribution < 1.29 is 34.2 Å². The Bertz CT molecular complexity index is 657. The third-order valence-electron chi connectivity index (χ3n) is 4.21. The standard InChI is InChI=1S/C19H34N4O7S/c1-9(2)5-12(21-16(26)11(20)8-31)17(27)22-13(7-15(24)25)18(28)23-14(19(29)30)6-10(3)4/h9-14,31H,5-8,20H2,1-4H3,(H,21,26)(H,22,27)(H,23,28)(H,24,25)(H,29,30). The molecule has 0 saturated carbocycles. The molecule has 0 radical (unpaired) electrons. The van der Waals surface area contributed by atoms with Crippen molar-refractivity contribution in [2.45, 2.75) is 71.1 Å². The van der Waals surface area contributed by atoms with Crippen LogP contribution in [-0.2, 0) is 24.0 Å². The van der Waals surface area contributed by atoms with Gasteiger partial charge in [0.1, 0.15) is 18.1 Å². The van der Waals surface area contributed by atoms with Crippen molar-refractivity contribution in [2.75, 3.05) is 5.75 Å². The summed E-state index contributed by atoms with van der Waals surface area (Å²) in [5, 5.41) is 25.5. The van der Waals surface area contributed by atoms with Crippen LogP contribution >= 0.6 is 12.6 Å². The highest BCUT2D eigenvalue weighted by Crippen LogP contribution is 2.08. The molecule has 0 aromatic carbocycles. The fraction of sp³-hybridized carbons (Fsp3) is 0.737. The second-order valence-corrected chi connectivity index (χ2v) is 8.53. The summed E-state index contributed by atoms with van der Waals surface area (Å²) < 4.78 is 0. The number of carbonyl (C=O) groups is 5. The van der Waals surface area contributed by atoms with Crippen LogP contribution in [0.4, 0.5) is 0 Å². The van der Waals surface area contributed by atoms with E-state index < -0.39 is 60.2 Å². The highest BCUT2D eigenvalue weighted by Gasteiger charge is 2.32. The maximum Gasteiger partial charge on any atom is 0.326 e. The molecule has 7 N–H and O–H groups in total. The van der Waals surface area contributed by atoms with Gasteiger partial charge in [-0.1, -0.05) is 27.7 Å². The number of carboxylic acid groups (broad SMARTS) is 2. The number of rotatable bonds is 14. The summed E-state index contributed by atoms with van der Waals surface area (Å²) in [7, 11) is 0. The first kappa shape index (κ1) is 28.7. The van der Waals surface area contributed by atoms with Crippen LogP contribution in [0.3, 0.4) is 0 Å². The van der Waals surface area contributed by atoms with E-state index in [1.54, 1.807) is 13.8 Å². The average molecular weight is 463 g/mol. The molecular formula is C19H34N4O7S. The SMILES string of the molecule is CC(C)CC(NC(=O)C(CC(=O)O)NC(=O)C(CC(C)C)NC(=O)C(N)CS)C(=O)O. The van der Waals surface area contributed by atoms with E-state index in [-0.39, 0.29) is 30.4 Å². The second-order valence-electron chi connectivity index (χ2n) is 8.17. The zero-order valence-corrected chi connectivity index (χ0v) is 19.1. The molecule has 4 atom stereocenters. The average Bonchev–Trinajstić information content (AvgIpc) is 2.64. The van der Waals surface area contributed by atoms with E-state index in [0.29, 0.717) is 0 Å². The van der Waals surface area contributed by atoms with Crippen LogP contribution in [0.2, 0.25) is 0 Å². The molecule has 0 aliphatic heterocycles. The lowest BCUT2D eigenvalue weighted by molar-refractivity contribution is -0.144. The van der Waals surface area contributed by atoms with Gasteiger partial charge < -0.3 is 31.9 Å². The van der Waals surface area contributed by atoms with E-state index in [1.165, 1.54) is 0 Å². The summed E-state index contributed by atoms with van der Waals surface area (Å²) in [5.74, 6) is -4.97. The van der Waals surface area contributed by atoms with Gasteiger partial charge in [-0.05, 0) is 24.7 Å². The molecule has 0 fully saturated rings. The van der Waals surface area contributed by atoms with Crippen LogP contribution in [0.5, 0.6) is 0 Å². The third kappa shape index (κ3) is 11.6. The summed E-state index contributed by atoms with van der Waals surface area (Å²) >= 11 is 3.94. The fourth-order valence-electron chi connectivity index (χ4n) is 2.69. The number of aliphatic carboxylic acids is 2. The molecule has 0 aliphatic rings. The van der Waals surface area contributed by atoms with E-state index in [9.17, 15) is 29.1 Å². The van der Waals surface area contributed by atoms with Crippen LogP contribution in [0.1, 0.15) is 47.0 Å². The van der Waals surface area contributed by atoms with Crippen molar-refractivity contribution in [3.05, 3.63) is 0 Å². The number of hydrogen-bond acceptors (Lipinski definition) is 7. The largest absolute Gasteiger partial charge is 0.481 e. The maximum atomic E-state index is 12.7. The van der Waals surface area contributed by atoms with E-state index in [2.05, 4.69) is 28.6 Å². The Labute approximate surface area is 187 Å². The molecule has 12 heteroatoms. The van der Waals surface area contributed by atoms with Gasteiger partial charge >= 0.3 is 11.9 Å². The molecule has 0 aromatic rings. The lowest BCUT2D eigenvalue weighted by Gasteiger charge is -2.25. The van der Waals surface area contributed by atoms with Crippen molar-refractivity contribution in [2.24, 2.45) is 17.6 Å². The normalized spacial score (nSPS) is 15.0. The molecule has 0 aromatic heterocycles. The topological polar surface area (TPSA) is 188 Å². The minimum Gasteiger partial charge on any atom is -0.481 e. The van der Waals surface area contributed by atoms with Crippen molar-refractivity contribution in [1.29, 1.82) is 0 Å². The van der Waals surface area contributed by atoms with E-state index in [1.807, 2.05) is 13.8 Å². The quantitative estimate of drug-likeness (QED) is 0.166. The monoisotopic (exact) mass is 462 g/mol. The fourth-order valence-corrected chi connectivity index (χ4v) is 2.85. The van der Waals surface area contributed by atoms with E-state index in [0.717, 1.165) is 0 Å². The Morgan fingerprint density at radius 3 is 1.61 bits per heavy atom. The molecule has 0 heterocycles. The number of carboxylic acids is 2. The Kier molecular flexibility index (Phi) is 12.8. The second kappa shape index (κ2) is 13.9. The van der Waals surface area contributed by atoms with Gasteiger partial charge in [-0.15, -0.1) is 0 Å². The van der Waals surface area contributed by atoms with E-state index >= 15 is 0 Å². The summed E-state index contributed by atoms with van der Waals surface area (Å²) in [6.07, 6.45) is -0.421. The Balaban J connectivity index is 5.49. The summed E-state index contributed by atoms with van der Waals surface area (Å²) in [5.41, 5.74) is 5.62. The highest BCUT2D eigenvalue weighted by atomic mass is 32.1. The van der Waals surface area contributed by atoms with Crippen molar-refractivity contribution in [3.8, 4) is 0 Å². The number of nitrogens with one attached hydrogen (secondary N) is 3. The minimum absolute atomic E-state index is 0.0162. The number of amides is 3. The first-order valence-corrected chi connectivity index (χ1v) is 10.6. The van der Waals surface area contributed by atoms with Gasteiger partial charge in [-0.2, -0.15) is 12.6 Å². The summed E-state index contributed by atoms with van der Waals surface area (Å²) in [4.78, 5) is 60.0. The van der Waals surface area contributed by atoms with Crippen molar-refractivity contribution in [1.82, 2.24) is 16.0 Å². The molecular weight excluding hydrogens is 428 g/mol. The van der Waals surface area contributed by atoms with Gasteiger partial charge in [0, 0.05) is 5.75 Å². The van der Waals surface area contributed by atoms with Crippen LogP contribution in [-0.4, -0.2) is 69.8 Å². The zero-order valence-electron chi connectivity index (χ0n) is 18.3. The van der Waals surface area contributed by atoms with Crippen molar-refractivity contribution >= 4 is 42.3 Å². The first-order valence-electron chi connectivity index (χ1n) is 10.0. The van der Waals surface area contributed by atoms with Crippen LogP contribution in [0.15, 0.2) is 0 Å².